The molecule has 0 unspecified atom stereocenters. The number of fused-ring (bicyclic) bond motifs is 1. The van der Waals surface area contributed by atoms with Gasteiger partial charge in [0.15, 0.2) is 0 Å². The number of ether oxygens (including phenoxy) is 1. The number of nitrogen functional groups attached to an aromatic ring is 1. The fraction of sp³-hybridized carbons (Fsp3) is 0.188. The molecule has 0 aliphatic carbocycles. The van der Waals surface area contributed by atoms with Gasteiger partial charge in [0.1, 0.15) is 11.4 Å². The second kappa shape index (κ2) is 5.69. The van der Waals surface area contributed by atoms with Gasteiger partial charge >= 0.3 is 0 Å². The Labute approximate surface area is 127 Å². The molecule has 0 bridgehead atoms. The minimum Gasteiger partial charge on any atom is -0.497 e. The second-order valence-corrected chi connectivity index (χ2v) is 5.91. The second-order valence-electron chi connectivity index (χ2n) is 4.90. The van der Waals surface area contributed by atoms with E-state index in [2.05, 4.69) is 34.8 Å². The Bertz CT molecular complexity index is 782. The van der Waals surface area contributed by atoms with Gasteiger partial charge in [-0.05, 0) is 36.8 Å². The number of nitrogens with two attached hydrogens (primary N) is 1. The lowest BCUT2D eigenvalue weighted by Gasteiger charge is -2.06. The third kappa shape index (κ3) is 2.97. The first-order valence-electron chi connectivity index (χ1n) is 6.66. The van der Waals surface area contributed by atoms with Crippen LogP contribution in [0.15, 0.2) is 47.6 Å². The quantitative estimate of drug-likeness (QED) is 0.591. The van der Waals surface area contributed by atoms with Crippen LogP contribution in [0.4, 0.5) is 5.69 Å². The summed E-state index contributed by atoms with van der Waals surface area (Å²) in [4.78, 5) is 5.63. The number of benzene rings is 1. The molecule has 2 aromatic heterocycles. The van der Waals surface area contributed by atoms with Crippen molar-refractivity contribution in [1.82, 2.24) is 9.38 Å². The topological polar surface area (TPSA) is 52.5 Å². The Morgan fingerprint density at radius 1 is 1.24 bits per heavy atom. The first kappa shape index (κ1) is 13.8. The fourth-order valence-electron chi connectivity index (χ4n) is 2.14. The molecule has 3 aromatic rings. The summed E-state index contributed by atoms with van der Waals surface area (Å²) < 4.78 is 7.29. The molecule has 21 heavy (non-hydrogen) atoms. The van der Waals surface area contributed by atoms with E-state index in [0.29, 0.717) is 0 Å². The minimum atomic E-state index is 0.764. The van der Waals surface area contributed by atoms with E-state index in [4.69, 9.17) is 10.5 Å². The van der Waals surface area contributed by atoms with Crippen molar-refractivity contribution in [3.8, 4) is 5.75 Å². The zero-order valence-electron chi connectivity index (χ0n) is 12.0. The predicted molar refractivity (Wildman–Crippen MR) is 86.9 cm³/mol. The third-order valence-corrected chi connectivity index (χ3v) is 4.35. The van der Waals surface area contributed by atoms with Crippen LogP contribution in [0.5, 0.6) is 5.75 Å². The lowest BCUT2D eigenvalue weighted by atomic mass is 10.3. The third-order valence-electron chi connectivity index (χ3n) is 3.25. The molecule has 2 heterocycles. The van der Waals surface area contributed by atoms with E-state index in [9.17, 15) is 0 Å². The normalized spacial score (nSPS) is 11.0. The van der Waals surface area contributed by atoms with Gasteiger partial charge in [0.2, 0.25) is 0 Å². The Hall–Kier alpha value is -2.14. The van der Waals surface area contributed by atoms with Crippen molar-refractivity contribution in [1.29, 1.82) is 0 Å². The van der Waals surface area contributed by atoms with Gasteiger partial charge in [0.25, 0.3) is 0 Å². The first-order chi connectivity index (χ1) is 10.2. The van der Waals surface area contributed by atoms with Crippen LogP contribution in [0.25, 0.3) is 5.65 Å². The molecule has 2 N–H and O–H groups in total. The number of anilines is 1. The van der Waals surface area contributed by atoms with Gasteiger partial charge < -0.3 is 14.9 Å². The number of pyridine rings is 1. The van der Waals surface area contributed by atoms with Gasteiger partial charge in [-0.15, -0.1) is 11.8 Å². The lowest BCUT2D eigenvalue weighted by molar-refractivity contribution is 0.414. The summed E-state index contributed by atoms with van der Waals surface area (Å²) in [5.74, 6) is 1.59. The van der Waals surface area contributed by atoms with Gasteiger partial charge in [-0.25, -0.2) is 4.98 Å². The van der Waals surface area contributed by atoms with Crippen molar-refractivity contribution in [3.63, 3.8) is 0 Å². The molecule has 0 spiro atoms. The van der Waals surface area contributed by atoms with Crippen molar-refractivity contribution in [2.75, 3.05) is 12.8 Å². The molecule has 4 nitrogen and oxygen atoms in total. The number of nitrogens with zero attached hydrogens (tertiary/aromatic N) is 2. The van der Waals surface area contributed by atoms with Crippen LogP contribution in [-0.4, -0.2) is 16.5 Å². The van der Waals surface area contributed by atoms with Gasteiger partial charge in [0.05, 0.1) is 12.8 Å². The van der Waals surface area contributed by atoms with Crippen LogP contribution < -0.4 is 10.5 Å². The molecule has 0 aliphatic rings. The minimum absolute atomic E-state index is 0.764. The summed E-state index contributed by atoms with van der Waals surface area (Å²) in [5, 5.41) is 0. The van der Waals surface area contributed by atoms with Crippen molar-refractivity contribution in [3.05, 3.63) is 54.0 Å². The lowest BCUT2D eigenvalue weighted by Crippen LogP contribution is -1.91. The highest BCUT2D eigenvalue weighted by atomic mass is 32.2. The maximum Gasteiger partial charge on any atom is 0.137 e. The van der Waals surface area contributed by atoms with Gasteiger partial charge in [-0.2, -0.15) is 0 Å². The molecule has 0 fully saturated rings. The maximum absolute atomic E-state index is 6.00. The number of aromatic nitrogens is 2. The van der Waals surface area contributed by atoms with E-state index < -0.39 is 0 Å². The summed E-state index contributed by atoms with van der Waals surface area (Å²) in [6.45, 7) is 2.07. The van der Waals surface area contributed by atoms with Crippen LogP contribution in [0.2, 0.25) is 0 Å². The number of rotatable bonds is 4. The summed E-state index contributed by atoms with van der Waals surface area (Å²) in [6, 6.07) is 9.80. The summed E-state index contributed by atoms with van der Waals surface area (Å²) in [7, 11) is 1.66. The summed E-state index contributed by atoms with van der Waals surface area (Å²) in [6.07, 6.45) is 4.14. The monoisotopic (exact) mass is 299 g/mol. The van der Waals surface area contributed by atoms with Crippen molar-refractivity contribution in [2.45, 2.75) is 17.6 Å². The van der Waals surface area contributed by atoms with Gasteiger partial charge in [-0.3, -0.25) is 0 Å². The number of hydrogen-bond donors (Lipinski definition) is 1. The molecule has 0 atom stereocenters. The average molecular weight is 299 g/mol. The Kier molecular flexibility index (Phi) is 3.75. The summed E-state index contributed by atoms with van der Waals surface area (Å²) >= 11 is 1.67. The molecule has 108 valence electrons. The standard InChI is InChI=1S/C16H17N3OS/c1-11-3-6-16-18-12(9-19(16)8-11)10-21-15-7-13(20-2)4-5-14(15)17/h3-9H,10,17H2,1-2H3. The number of thioether (sulfide) groups is 1. The SMILES string of the molecule is COc1ccc(N)c(SCc2cn3cc(C)ccc3n2)c1. The number of methoxy groups -OCH3 is 1. The molecule has 0 radical (unpaired) electrons. The molecular weight excluding hydrogens is 282 g/mol. The molecule has 1 aromatic carbocycles. The molecule has 5 heteroatoms. The Morgan fingerprint density at radius 3 is 2.90 bits per heavy atom. The van der Waals surface area contributed by atoms with E-state index in [1.165, 1.54) is 5.56 Å². The van der Waals surface area contributed by atoms with Crippen LogP contribution in [-0.2, 0) is 5.75 Å². The van der Waals surface area contributed by atoms with E-state index in [1.807, 2.05) is 24.3 Å². The van der Waals surface area contributed by atoms with Gasteiger partial charge in [0, 0.05) is 28.7 Å². The summed E-state index contributed by atoms with van der Waals surface area (Å²) in [5.41, 5.74) is 9.99. The van der Waals surface area contributed by atoms with Crippen molar-refractivity contribution >= 4 is 23.1 Å². The Balaban J connectivity index is 1.80. The zero-order valence-corrected chi connectivity index (χ0v) is 12.9. The number of imidazole rings is 1. The van der Waals surface area contributed by atoms with Crippen molar-refractivity contribution < 1.29 is 4.74 Å². The molecule has 0 saturated heterocycles. The first-order valence-corrected chi connectivity index (χ1v) is 7.65. The molecular formula is C16H17N3OS. The molecule has 0 amide bonds. The molecule has 0 saturated carbocycles. The zero-order chi connectivity index (χ0) is 14.8. The largest absolute Gasteiger partial charge is 0.497 e. The van der Waals surface area contributed by atoms with Gasteiger partial charge in [-0.1, -0.05) is 6.07 Å². The van der Waals surface area contributed by atoms with E-state index in [-0.39, 0.29) is 0 Å². The predicted octanol–water partition coefficient (Wildman–Crippen LogP) is 3.53. The highest BCUT2D eigenvalue weighted by molar-refractivity contribution is 7.98. The van der Waals surface area contributed by atoms with E-state index in [1.54, 1.807) is 18.9 Å². The Morgan fingerprint density at radius 2 is 2.10 bits per heavy atom. The average Bonchev–Trinajstić information content (AvgIpc) is 2.88. The molecule has 0 aliphatic heterocycles. The maximum atomic E-state index is 6.00. The number of hydrogen-bond acceptors (Lipinski definition) is 4. The number of aryl methyl sites for hydroxylation is 1. The van der Waals surface area contributed by atoms with Crippen LogP contribution in [0.1, 0.15) is 11.3 Å². The smallest absolute Gasteiger partial charge is 0.137 e. The van der Waals surface area contributed by atoms with Crippen LogP contribution in [0, 0.1) is 6.92 Å². The fourth-order valence-corrected chi connectivity index (χ4v) is 3.02. The van der Waals surface area contributed by atoms with Crippen LogP contribution in [0.3, 0.4) is 0 Å². The van der Waals surface area contributed by atoms with E-state index >= 15 is 0 Å². The molecule has 3 rings (SSSR count). The van der Waals surface area contributed by atoms with Crippen LogP contribution >= 0.6 is 11.8 Å². The van der Waals surface area contributed by atoms with E-state index in [0.717, 1.165) is 33.4 Å². The highest BCUT2D eigenvalue weighted by Crippen LogP contribution is 2.31. The highest BCUT2D eigenvalue weighted by Gasteiger charge is 2.06. The van der Waals surface area contributed by atoms with Crippen molar-refractivity contribution in [2.24, 2.45) is 0 Å².